The van der Waals surface area contributed by atoms with Crippen LogP contribution in [-0.2, 0) is 60.8 Å². The molecule has 30 heteroatoms. The van der Waals surface area contributed by atoms with Gasteiger partial charge in [-0.1, -0.05) is 38.1 Å². The molecular formula is C61H71F2N13O15. The molecule has 91 heavy (non-hydrogen) atoms. The highest BCUT2D eigenvalue weighted by atomic mass is 19.3. The number of carbonyl (C=O) groups is 8. The fourth-order valence-corrected chi connectivity index (χ4v) is 8.73. The fraction of sp³-hybridized carbons (Fsp3) is 0.377. The minimum absolute atomic E-state index is 0.0130. The molecule has 7 rings (SSSR count). The zero-order valence-electron chi connectivity index (χ0n) is 49.9. The summed E-state index contributed by atoms with van der Waals surface area (Å²) < 4.78 is 60.6. The summed E-state index contributed by atoms with van der Waals surface area (Å²) in [5.41, 5.74) is 8.41. The number of pyridine rings is 3. The lowest BCUT2D eigenvalue weighted by Gasteiger charge is -2.25. The predicted molar refractivity (Wildman–Crippen MR) is 324 cm³/mol. The molecule has 5 heterocycles. The number of nitrogens with zero attached hydrogens (tertiary/aromatic N) is 5. The van der Waals surface area contributed by atoms with Gasteiger partial charge >= 0.3 is 18.1 Å². The maximum absolute atomic E-state index is 13.8. The number of carboxylic acid groups (broad SMARTS) is 1. The summed E-state index contributed by atoms with van der Waals surface area (Å²) in [6.07, 6.45) is 0.649. The number of anilines is 2. The highest BCUT2D eigenvalue weighted by molar-refractivity contribution is 6.12. The molecule has 0 spiro atoms. The first-order chi connectivity index (χ1) is 43.9. The first kappa shape index (κ1) is 68.5. The van der Waals surface area contributed by atoms with Gasteiger partial charge < -0.3 is 76.1 Å². The summed E-state index contributed by atoms with van der Waals surface area (Å²) in [6.45, 7) is 5.63. The number of hydrogen-bond acceptors (Lipinski definition) is 19. The molecule has 28 nitrogen and oxygen atoms in total. The zero-order valence-corrected chi connectivity index (χ0v) is 49.9. The Labute approximate surface area is 520 Å². The van der Waals surface area contributed by atoms with E-state index in [4.69, 9.17) is 39.1 Å². The van der Waals surface area contributed by atoms with Gasteiger partial charge in [0, 0.05) is 42.6 Å². The van der Waals surface area contributed by atoms with E-state index in [0.29, 0.717) is 64.1 Å². The number of aromatic nitrogens is 5. The van der Waals surface area contributed by atoms with Gasteiger partial charge in [-0.25, -0.2) is 38.1 Å². The minimum atomic E-state index is -2.83. The molecule has 10 N–H and O–H groups in total. The van der Waals surface area contributed by atoms with Crippen molar-refractivity contribution in [2.24, 2.45) is 11.7 Å². The number of carbonyl (C=O) groups excluding carboxylic acids is 7. The maximum Gasteiger partial charge on any atom is 0.407 e. The number of alkyl carbamates (subject to hydrolysis) is 1. The molecule has 2 aromatic carbocycles. The van der Waals surface area contributed by atoms with Gasteiger partial charge in [-0.3, -0.25) is 33.9 Å². The van der Waals surface area contributed by atoms with E-state index in [1.165, 1.54) is 42.6 Å². The Kier molecular flexibility index (Phi) is 26.5. The molecule has 6 aromatic rings. The van der Waals surface area contributed by atoms with Crippen LogP contribution < -0.4 is 42.4 Å². The van der Waals surface area contributed by atoms with Gasteiger partial charge in [0.1, 0.15) is 48.3 Å². The van der Waals surface area contributed by atoms with Crippen molar-refractivity contribution in [2.45, 2.75) is 64.8 Å². The van der Waals surface area contributed by atoms with Gasteiger partial charge in [-0.05, 0) is 78.9 Å². The molecule has 8 amide bonds. The Balaban J connectivity index is 0.821. The molecule has 2 atom stereocenters. The number of imidazole rings is 1. The number of aromatic carboxylic acids is 1. The third-order valence-corrected chi connectivity index (χ3v) is 13.4. The van der Waals surface area contributed by atoms with Crippen molar-refractivity contribution in [1.29, 1.82) is 0 Å². The Hall–Kier alpha value is -10.0. The van der Waals surface area contributed by atoms with Gasteiger partial charge in [0.05, 0.1) is 112 Å². The SMILES string of the molecule is CC(C)C(NC(=O)CCOCCOCCOCCOCCN1C(=O)C=CC1=O)C(=O)N[C@@H](CCCNC(N)=O)C(=O)Nc1ccc(COC(=O)NCCOc2cnc3ccc(-c4[nH]c(CNc5cccc(C(=O)O)c5)nc4-c4cccc(C(F)F)n4)nc3c2)cc1. The van der Waals surface area contributed by atoms with E-state index in [0.717, 1.165) is 4.90 Å². The molecule has 0 saturated heterocycles. The van der Waals surface area contributed by atoms with Crippen LogP contribution in [-0.4, -0.2) is 174 Å². The normalized spacial score (nSPS) is 12.7. The molecule has 1 aliphatic rings. The van der Waals surface area contributed by atoms with E-state index in [2.05, 4.69) is 51.8 Å². The summed E-state index contributed by atoms with van der Waals surface area (Å²) in [7, 11) is 0. The summed E-state index contributed by atoms with van der Waals surface area (Å²) in [4.78, 5) is 121. The number of H-pyrrole nitrogens is 1. The number of rotatable bonds is 38. The van der Waals surface area contributed by atoms with Gasteiger partial charge in [-0.15, -0.1) is 0 Å². The van der Waals surface area contributed by atoms with Crippen molar-refractivity contribution in [3.63, 3.8) is 0 Å². The van der Waals surface area contributed by atoms with E-state index < -0.39 is 60.0 Å². The summed E-state index contributed by atoms with van der Waals surface area (Å²) in [6, 6.07) is 19.0. The topological polar surface area (TPSA) is 381 Å². The second kappa shape index (κ2) is 35.2. The van der Waals surface area contributed by atoms with Crippen LogP contribution in [0.3, 0.4) is 0 Å². The van der Waals surface area contributed by atoms with Gasteiger partial charge in [-0.2, -0.15) is 0 Å². The number of alkyl halides is 2. The van der Waals surface area contributed by atoms with Crippen LogP contribution in [0.1, 0.15) is 67.0 Å². The van der Waals surface area contributed by atoms with Crippen molar-refractivity contribution in [1.82, 2.24) is 51.1 Å². The molecule has 0 aliphatic carbocycles. The number of fused-ring (bicyclic) bond motifs is 1. The lowest BCUT2D eigenvalue weighted by molar-refractivity contribution is -0.137. The minimum Gasteiger partial charge on any atom is -0.490 e. The average molecular weight is 1260 g/mol. The van der Waals surface area contributed by atoms with Crippen LogP contribution in [0.15, 0.2) is 103 Å². The lowest BCUT2D eigenvalue weighted by atomic mass is 10.0. The van der Waals surface area contributed by atoms with E-state index in [1.54, 1.807) is 74.5 Å². The number of imide groups is 1. The molecule has 0 bridgehead atoms. The van der Waals surface area contributed by atoms with E-state index >= 15 is 0 Å². The van der Waals surface area contributed by atoms with Crippen LogP contribution in [0.4, 0.5) is 29.7 Å². The molecule has 0 fully saturated rings. The lowest BCUT2D eigenvalue weighted by Crippen LogP contribution is -2.54. The fourth-order valence-electron chi connectivity index (χ4n) is 8.73. The quantitative estimate of drug-likeness (QED) is 0.0181. The first-order valence-electron chi connectivity index (χ1n) is 29.0. The van der Waals surface area contributed by atoms with Crippen LogP contribution in [0.2, 0.25) is 0 Å². The zero-order chi connectivity index (χ0) is 65.1. The number of hydrogen-bond donors (Lipinski definition) is 9. The van der Waals surface area contributed by atoms with Crippen molar-refractivity contribution in [3.05, 3.63) is 126 Å². The number of benzene rings is 2. The summed E-state index contributed by atoms with van der Waals surface area (Å²) >= 11 is 0. The third kappa shape index (κ3) is 22.2. The number of amides is 8. The standard InChI is InChI=1S/C61H71F2N13O15/c1-37(2)53(75-50(77)19-23-86-26-28-88-30-31-89-29-27-87-25-22-76-51(78)17-18-52(76)79)58(81)72-47(10-5-20-65-60(64)84)57(80)69-40-13-11-38(12-14-40)36-91-61(85)66-21-24-90-42-33-48-43(68-34-42)15-16-45(71-48)55-54(44-8-4-9-46(70-44)56(62)63)73-49(74-55)35-67-41-7-3-6-39(32-41)59(82)83/h3-4,6-9,11-18,32-34,37,47,53,56,67H,5,10,19-31,35-36H2,1-2H3,(H,66,85)(H,69,80)(H,72,81)(H,73,74)(H,75,77)(H,82,83)(H3,64,65,84)/t47-,53?/m0/s1. The van der Waals surface area contributed by atoms with Gasteiger partial charge in [0.15, 0.2) is 0 Å². The number of ether oxygens (including phenoxy) is 6. The second-order valence-electron chi connectivity index (χ2n) is 20.5. The Morgan fingerprint density at radius 3 is 2.11 bits per heavy atom. The van der Waals surface area contributed by atoms with E-state index in [9.17, 15) is 52.2 Å². The molecule has 0 saturated carbocycles. The molecule has 4 aromatic heterocycles. The number of halogens is 2. The van der Waals surface area contributed by atoms with Crippen LogP contribution in [0, 0.1) is 5.92 Å². The Morgan fingerprint density at radius 2 is 1.42 bits per heavy atom. The van der Waals surface area contributed by atoms with Crippen LogP contribution >= 0.6 is 0 Å². The number of primary amides is 1. The van der Waals surface area contributed by atoms with Gasteiger partial charge in [0.25, 0.3) is 18.2 Å². The molecular weight excluding hydrogens is 1190 g/mol. The molecule has 1 unspecified atom stereocenters. The number of urea groups is 1. The van der Waals surface area contributed by atoms with Gasteiger partial charge in [0.2, 0.25) is 17.7 Å². The first-order valence-corrected chi connectivity index (χ1v) is 29.0. The molecule has 1 aliphatic heterocycles. The Bertz CT molecular complexity index is 3480. The summed E-state index contributed by atoms with van der Waals surface area (Å²) in [5.74, 6) is -3.13. The van der Waals surface area contributed by atoms with Crippen molar-refractivity contribution in [3.8, 4) is 28.5 Å². The number of aromatic amines is 1. The Morgan fingerprint density at radius 1 is 0.714 bits per heavy atom. The van der Waals surface area contributed by atoms with Crippen LogP contribution in [0.5, 0.6) is 5.75 Å². The van der Waals surface area contributed by atoms with Crippen molar-refractivity contribution < 1.29 is 80.7 Å². The third-order valence-electron chi connectivity index (χ3n) is 13.4. The smallest absolute Gasteiger partial charge is 0.407 e. The number of carboxylic acids is 1. The average Bonchev–Trinajstić information content (AvgIpc) is 2.02. The maximum atomic E-state index is 13.8. The van der Waals surface area contributed by atoms with E-state index in [-0.39, 0.29) is 133 Å². The van der Waals surface area contributed by atoms with Crippen LogP contribution in [0.25, 0.3) is 33.8 Å². The second-order valence-corrected chi connectivity index (χ2v) is 20.5. The largest absolute Gasteiger partial charge is 0.490 e. The molecule has 0 radical (unpaired) electrons. The summed E-state index contributed by atoms with van der Waals surface area (Å²) in [5, 5.41) is 25.9. The van der Waals surface area contributed by atoms with Crippen molar-refractivity contribution >= 4 is 70.0 Å². The molecule has 484 valence electrons. The number of nitrogens with one attached hydrogen (secondary N) is 7. The highest BCUT2D eigenvalue weighted by Crippen LogP contribution is 2.31. The van der Waals surface area contributed by atoms with Crippen molar-refractivity contribution in [2.75, 3.05) is 89.7 Å². The predicted octanol–water partition coefficient (Wildman–Crippen LogP) is 5.03. The highest BCUT2D eigenvalue weighted by Gasteiger charge is 2.29. The van der Waals surface area contributed by atoms with E-state index in [1.807, 2.05) is 0 Å². The monoisotopic (exact) mass is 1260 g/mol. The number of nitrogens with two attached hydrogens (primary N) is 1.